The standard InChI is InChI=1S/C24H28N2O3/c27-23(19-7-2-1-3-8-19)25-26-24(28)21-11-4-6-17(14-21)16-29-22-13-12-18-9-5-10-20(18)15-22/h4,6,11-15,19H,1-3,5,7-10,16H2,(H,25,27)(H,26,28). The van der Waals surface area contributed by atoms with Crippen molar-refractivity contribution in [3.05, 3.63) is 64.7 Å². The van der Waals surface area contributed by atoms with E-state index in [1.54, 1.807) is 12.1 Å². The van der Waals surface area contributed by atoms with Gasteiger partial charge in [0.2, 0.25) is 5.91 Å². The average Bonchev–Trinajstić information content (AvgIpc) is 3.24. The van der Waals surface area contributed by atoms with Crippen molar-refractivity contribution in [3.8, 4) is 5.75 Å². The van der Waals surface area contributed by atoms with Crippen molar-refractivity contribution >= 4 is 11.8 Å². The van der Waals surface area contributed by atoms with Crippen molar-refractivity contribution < 1.29 is 14.3 Å². The predicted molar refractivity (Wildman–Crippen MR) is 111 cm³/mol. The maximum absolute atomic E-state index is 12.4. The molecule has 0 bridgehead atoms. The Morgan fingerprint density at radius 1 is 0.897 bits per heavy atom. The summed E-state index contributed by atoms with van der Waals surface area (Å²) in [5, 5.41) is 0. The molecule has 0 spiro atoms. The zero-order chi connectivity index (χ0) is 20.1. The van der Waals surface area contributed by atoms with Gasteiger partial charge in [-0.1, -0.05) is 37.5 Å². The Balaban J connectivity index is 1.30. The molecule has 0 saturated heterocycles. The van der Waals surface area contributed by atoms with Gasteiger partial charge in [0.15, 0.2) is 0 Å². The number of amides is 2. The first-order chi connectivity index (χ1) is 14.2. The quantitative estimate of drug-likeness (QED) is 0.753. The normalized spacial score (nSPS) is 16.1. The molecule has 0 unspecified atom stereocenters. The van der Waals surface area contributed by atoms with E-state index in [1.165, 1.54) is 24.0 Å². The number of rotatable bonds is 5. The molecule has 152 valence electrons. The van der Waals surface area contributed by atoms with E-state index in [-0.39, 0.29) is 17.7 Å². The highest BCUT2D eigenvalue weighted by molar-refractivity contribution is 5.95. The number of benzene rings is 2. The highest BCUT2D eigenvalue weighted by Crippen LogP contribution is 2.26. The van der Waals surface area contributed by atoms with Gasteiger partial charge >= 0.3 is 0 Å². The Morgan fingerprint density at radius 2 is 1.72 bits per heavy atom. The highest BCUT2D eigenvalue weighted by Gasteiger charge is 2.21. The van der Waals surface area contributed by atoms with Gasteiger partial charge in [0.1, 0.15) is 12.4 Å². The molecule has 2 aliphatic rings. The summed E-state index contributed by atoms with van der Waals surface area (Å²) in [4.78, 5) is 24.6. The lowest BCUT2D eigenvalue weighted by molar-refractivity contribution is -0.126. The summed E-state index contributed by atoms with van der Waals surface area (Å²) in [6.45, 7) is 0.397. The van der Waals surface area contributed by atoms with Crippen molar-refractivity contribution in [2.24, 2.45) is 5.92 Å². The third-order valence-corrected chi connectivity index (χ3v) is 5.94. The summed E-state index contributed by atoms with van der Waals surface area (Å²) in [6.07, 6.45) is 8.65. The van der Waals surface area contributed by atoms with Crippen LogP contribution in [0, 0.1) is 5.92 Å². The maximum atomic E-state index is 12.4. The lowest BCUT2D eigenvalue weighted by Crippen LogP contribution is -2.45. The Labute approximate surface area is 171 Å². The number of hydrazine groups is 1. The van der Waals surface area contributed by atoms with Crippen LogP contribution in [0.5, 0.6) is 5.75 Å². The molecule has 0 atom stereocenters. The van der Waals surface area contributed by atoms with Crippen molar-refractivity contribution in [2.45, 2.75) is 58.0 Å². The van der Waals surface area contributed by atoms with Crippen LogP contribution in [0.4, 0.5) is 0 Å². The van der Waals surface area contributed by atoms with Crippen LogP contribution in [0.2, 0.25) is 0 Å². The molecule has 2 amide bonds. The molecule has 0 heterocycles. The first-order valence-electron chi connectivity index (χ1n) is 10.6. The van der Waals surface area contributed by atoms with E-state index in [2.05, 4.69) is 23.0 Å². The van der Waals surface area contributed by atoms with Gasteiger partial charge in [0, 0.05) is 11.5 Å². The second kappa shape index (κ2) is 9.12. The van der Waals surface area contributed by atoms with Crippen LogP contribution in [0.1, 0.15) is 65.6 Å². The highest BCUT2D eigenvalue weighted by atomic mass is 16.5. The largest absolute Gasteiger partial charge is 0.489 e. The Hall–Kier alpha value is -2.82. The Kier molecular flexibility index (Phi) is 6.13. The summed E-state index contributed by atoms with van der Waals surface area (Å²) in [5.74, 6) is 0.471. The molecule has 2 aromatic carbocycles. The van der Waals surface area contributed by atoms with Crippen LogP contribution in [-0.2, 0) is 24.2 Å². The van der Waals surface area contributed by atoms with E-state index in [0.29, 0.717) is 12.2 Å². The first kappa shape index (κ1) is 19.5. The SMILES string of the molecule is O=C(NNC(=O)C1CCCCC1)c1cccc(COc2ccc3c(c2)CCC3)c1. The van der Waals surface area contributed by atoms with Gasteiger partial charge in [-0.15, -0.1) is 0 Å². The molecule has 0 radical (unpaired) electrons. The molecule has 1 saturated carbocycles. The zero-order valence-corrected chi connectivity index (χ0v) is 16.7. The van der Waals surface area contributed by atoms with E-state index in [1.807, 2.05) is 18.2 Å². The van der Waals surface area contributed by atoms with Crippen molar-refractivity contribution in [1.82, 2.24) is 10.9 Å². The van der Waals surface area contributed by atoms with Crippen LogP contribution in [0.15, 0.2) is 42.5 Å². The fraction of sp³-hybridized carbons (Fsp3) is 0.417. The van der Waals surface area contributed by atoms with Gasteiger partial charge in [0.25, 0.3) is 5.91 Å². The molecule has 1 fully saturated rings. The summed E-state index contributed by atoms with van der Waals surface area (Å²) >= 11 is 0. The average molecular weight is 392 g/mol. The second-order valence-electron chi connectivity index (χ2n) is 8.05. The minimum absolute atomic E-state index is 0.0103. The minimum atomic E-state index is -0.312. The fourth-order valence-corrected chi connectivity index (χ4v) is 4.26. The van der Waals surface area contributed by atoms with Crippen LogP contribution < -0.4 is 15.6 Å². The molecule has 2 aromatic rings. The number of aryl methyl sites for hydroxylation is 2. The number of ether oxygens (including phenoxy) is 1. The topological polar surface area (TPSA) is 67.4 Å². The number of hydrogen-bond donors (Lipinski definition) is 2. The molecule has 29 heavy (non-hydrogen) atoms. The van der Waals surface area contributed by atoms with E-state index < -0.39 is 0 Å². The molecule has 5 heteroatoms. The van der Waals surface area contributed by atoms with Crippen molar-refractivity contribution in [3.63, 3.8) is 0 Å². The van der Waals surface area contributed by atoms with Gasteiger partial charge in [-0.25, -0.2) is 0 Å². The molecule has 0 aliphatic heterocycles. The van der Waals surface area contributed by atoms with Crippen LogP contribution >= 0.6 is 0 Å². The predicted octanol–water partition coefficient (Wildman–Crippen LogP) is 4.10. The Morgan fingerprint density at radius 3 is 2.59 bits per heavy atom. The monoisotopic (exact) mass is 392 g/mol. The minimum Gasteiger partial charge on any atom is -0.489 e. The van der Waals surface area contributed by atoms with Gasteiger partial charge in [-0.2, -0.15) is 0 Å². The number of hydrogen-bond acceptors (Lipinski definition) is 3. The van der Waals surface area contributed by atoms with E-state index in [0.717, 1.165) is 49.8 Å². The number of carbonyl (C=O) groups excluding carboxylic acids is 2. The molecule has 5 nitrogen and oxygen atoms in total. The van der Waals surface area contributed by atoms with Gasteiger partial charge < -0.3 is 4.74 Å². The third-order valence-electron chi connectivity index (χ3n) is 5.94. The van der Waals surface area contributed by atoms with E-state index in [9.17, 15) is 9.59 Å². The second-order valence-corrected chi connectivity index (χ2v) is 8.05. The van der Waals surface area contributed by atoms with Gasteiger partial charge in [0.05, 0.1) is 0 Å². The van der Waals surface area contributed by atoms with E-state index >= 15 is 0 Å². The Bertz CT molecular complexity index is 887. The van der Waals surface area contributed by atoms with Crippen LogP contribution in [0.25, 0.3) is 0 Å². The van der Waals surface area contributed by atoms with Crippen molar-refractivity contribution in [2.75, 3.05) is 0 Å². The number of nitrogens with one attached hydrogen (secondary N) is 2. The molecule has 2 N–H and O–H groups in total. The molecular formula is C24H28N2O3. The molecule has 4 rings (SSSR count). The number of fused-ring (bicyclic) bond motifs is 1. The number of carbonyl (C=O) groups is 2. The molecule has 2 aliphatic carbocycles. The third kappa shape index (κ3) is 4.97. The molecular weight excluding hydrogens is 364 g/mol. The lowest BCUT2D eigenvalue weighted by Gasteiger charge is -2.20. The van der Waals surface area contributed by atoms with Gasteiger partial charge in [-0.05, 0) is 73.1 Å². The smallest absolute Gasteiger partial charge is 0.269 e. The van der Waals surface area contributed by atoms with Crippen LogP contribution in [0.3, 0.4) is 0 Å². The molecule has 0 aromatic heterocycles. The van der Waals surface area contributed by atoms with Gasteiger partial charge in [-0.3, -0.25) is 20.4 Å². The summed E-state index contributed by atoms with van der Waals surface area (Å²) in [7, 11) is 0. The first-order valence-corrected chi connectivity index (χ1v) is 10.6. The fourth-order valence-electron chi connectivity index (χ4n) is 4.26. The maximum Gasteiger partial charge on any atom is 0.269 e. The zero-order valence-electron chi connectivity index (χ0n) is 16.7. The lowest BCUT2D eigenvalue weighted by atomic mass is 9.89. The van der Waals surface area contributed by atoms with Crippen molar-refractivity contribution in [1.29, 1.82) is 0 Å². The van der Waals surface area contributed by atoms with E-state index in [4.69, 9.17) is 4.74 Å². The summed E-state index contributed by atoms with van der Waals surface area (Å²) in [5.41, 5.74) is 9.35. The summed E-state index contributed by atoms with van der Waals surface area (Å²) < 4.78 is 5.93. The van der Waals surface area contributed by atoms with Crippen LogP contribution in [-0.4, -0.2) is 11.8 Å². The summed E-state index contributed by atoms with van der Waals surface area (Å²) in [6, 6.07) is 13.6.